The van der Waals surface area contributed by atoms with Gasteiger partial charge in [0, 0.05) is 15.7 Å². The third-order valence-corrected chi connectivity index (χ3v) is 4.35. The predicted octanol–water partition coefficient (Wildman–Crippen LogP) is 2.54. The van der Waals surface area contributed by atoms with Crippen molar-refractivity contribution in [2.75, 3.05) is 18.4 Å². The van der Waals surface area contributed by atoms with Crippen molar-refractivity contribution in [1.29, 1.82) is 0 Å². The summed E-state index contributed by atoms with van der Waals surface area (Å²) in [7, 11) is 0. The first-order valence-corrected chi connectivity index (χ1v) is 7.00. The van der Waals surface area contributed by atoms with Crippen molar-refractivity contribution in [3.05, 3.63) is 27.3 Å². The maximum atomic E-state index is 11.9. The summed E-state index contributed by atoms with van der Waals surface area (Å²) in [5.41, 5.74) is 2.08. The van der Waals surface area contributed by atoms with E-state index in [0.29, 0.717) is 12.3 Å². The van der Waals surface area contributed by atoms with Crippen molar-refractivity contribution >= 4 is 34.2 Å². The lowest BCUT2D eigenvalue weighted by molar-refractivity contribution is -0.116. The molecule has 0 saturated carbocycles. The van der Waals surface area contributed by atoms with E-state index in [1.54, 1.807) is 0 Å². The minimum Gasteiger partial charge on any atom is -0.326 e. The zero-order chi connectivity index (χ0) is 12.3. The molecule has 1 atom stereocenters. The maximum absolute atomic E-state index is 11.9. The van der Waals surface area contributed by atoms with Crippen molar-refractivity contribution in [3.8, 4) is 0 Å². The van der Waals surface area contributed by atoms with Crippen LogP contribution >= 0.6 is 22.6 Å². The first kappa shape index (κ1) is 12.8. The smallest absolute Gasteiger partial charge is 0.224 e. The summed E-state index contributed by atoms with van der Waals surface area (Å²) < 4.78 is 1.18. The van der Waals surface area contributed by atoms with Crippen molar-refractivity contribution in [2.24, 2.45) is 5.92 Å². The van der Waals surface area contributed by atoms with Gasteiger partial charge in [0.15, 0.2) is 0 Å². The molecule has 92 valence electrons. The number of anilines is 1. The number of hydrogen-bond acceptors (Lipinski definition) is 2. The molecule has 1 heterocycles. The average Bonchev–Trinajstić information content (AvgIpc) is 2.77. The standard InChI is InChI=1S/C13H17IN2O/c1-9-11(14)3-2-4-12(9)16-13(17)7-10-5-6-15-8-10/h2-4,10,15H,5-8H2,1H3,(H,16,17). The van der Waals surface area contributed by atoms with Crippen LogP contribution in [0.15, 0.2) is 18.2 Å². The largest absolute Gasteiger partial charge is 0.326 e. The number of rotatable bonds is 3. The van der Waals surface area contributed by atoms with E-state index < -0.39 is 0 Å². The Morgan fingerprint density at radius 1 is 1.59 bits per heavy atom. The molecule has 1 fully saturated rings. The van der Waals surface area contributed by atoms with Crippen molar-refractivity contribution in [3.63, 3.8) is 0 Å². The second-order valence-corrected chi connectivity index (χ2v) is 5.69. The molecule has 3 nitrogen and oxygen atoms in total. The van der Waals surface area contributed by atoms with Gasteiger partial charge in [0.1, 0.15) is 0 Å². The quantitative estimate of drug-likeness (QED) is 0.828. The SMILES string of the molecule is Cc1c(I)cccc1NC(=O)CC1CCNC1. The minimum absolute atomic E-state index is 0.129. The molecule has 1 saturated heterocycles. The highest BCUT2D eigenvalue weighted by molar-refractivity contribution is 14.1. The second-order valence-electron chi connectivity index (χ2n) is 4.52. The number of carbonyl (C=O) groups is 1. The molecule has 1 aromatic carbocycles. The van der Waals surface area contributed by atoms with E-state index in [1.807, 2.05) is 25.1 Å². The molecule has 2 N–H and O–H groups in total. The highest BCUT2D eigenvalue weighted by Crippen LogP contribution is 2.21. The van der Waals surface area contributed by atoms with E-state index in [-0.39, 0.29) is 5.91 Å². The van der Waals surface area contributed by atoms with Crippen molar-refractivity contribution in [1.82, 2.24) is 5.32 Å². The Morgan fingerprint density at radius 3 is 3.12 bits per heavy atom. The zero-order valence-corrected chi connectivity index (χ0v) is 12.1. The van der Waals surface area contributed by atoms with Crippen LogP contribution in [0.25, 0.3) is 0 Å². The summed E-state index contributed by atoms with van der Waals surface area (Å²) in [4.78, 5) is 11.9. The van der Waals surface area contributed by atoms with E-state index in [2.05, 4.69) is 33.2 Å². The van der Waals surface area contributed by atoms with E-state index in [1.165, 1.54) is 3.57 Å². The van der Waals surface area contributed by atoms with Crippen LogP contribution in [-0.2, 0) is 4.79 Å². The molecule has 0 radical (unpaired) electrons. The van der Waals surface area contributed by atoms with Crippen LogP contribution in [0.4, 0.5) is 5.69 Å². The van der Waals surface area contributed by atoms with E-state index in [9.17, 15) is 4.79 Å². The summed E-state index contributed by atoms with van der Waals surface area (Å²) in [6.07, 6.45) is 1.73. The van der Waals surface area contributed by atoms with Crippen molar-refractivity contribution < 1.29 is 4.79 Å². The van der Waals surface area contributed by atoms with Gasteiger partial charge in [-0.15, -0.1) is 0 Å². The van der Waals surface area contributed by atoms with Gasteiger partial charge in [-0.1, -0.05) is 6.07 Å². The van der Waals surface area contributed by atoms with Crippen LogP contribution in [-0.4, -0.2) is 19.0 Å². The fourth-order valence-electron chi connectivity index (χ4n) is 2.09. The summed E-state index contributed by atoms with van der Waals surface area (Å²) in [6.45, 7) is 4.05. The molecule has 1 unspecified atom stereocenters. The molecule has 1 aliphatic rings. The molecule has 4 heteroatoms. The molecule has 17 heavy (non-hydrogen) atoms. The number of carbonyl (C=O) groups excluding carboxylic acids is 1. The molecule has 1 aliphatic heterocycles. The third-order valence-electron chi connectivity index (χ3n) is 3.18. The van der Waals surface area contributed by atoms with E-state index in [0.717, 1.165) is 30.8 Å². The molecule has 1 amide bonds. The Bertz CT molecular complexity index is 414. The van der Waals surface area contributed by atoms with Crippen LogP contribution in [0.1, 0.15) is 18.4 Å². The fourth-order valence-corrected chi connectivity index (χ4v) is 2.59. The lowest BCUT2D eigenvalue weighted by atomic mass is 10.0. The second kappa shape index (κ2) is 5.82. The molecular formula is C13H17IN2O. The summed E-state index contributed by atoms with van der Waals surface area (Å²) in [5.74, 6) is 0.627. The Hall–Kier alpha value is -0.620. The fraction of sp³-hybridized carbons (Fsp3) is 0.462. The van der Waals surface area contributed by atoms with Gasteiger partial charge in [-0.2, -0.15) is 0 Å². The van der Waals surface area contributed by atoms with E-state index >= 15 is 0 Å². The van der Waals surface area contributed by atoms with Crippen LogP contribution < -0.4 is 10.6 Å². The van der Waals surface area contributed by atoms with Crippen LogP contribution in [0.2, 0.25) is 0 Å². The topological polar surface area (TPSA) is 41.1 Å². The molecule has 0 spiro atoms. The molecule has 2 rings (SSSR count). The lowest BCUT2D eigenvalue weighted by Crippen LogP contribution is -2.18. The molecule has 0 aliphatic carbocycles. The highest BCUT2D eigenvalue weighted by atomic mass is 127. The van der Waals surface area contributed by atoms with Gasteiger partial charge < -0.3 is 10.6 Å². The monoisotopic (exact) mass is 344 g/mol. The first-order valence-electron chi connectivity index (χ1n) is 5.92. The third kappa shape index (κ3) is 3.42. The lowest BCUT2D eigenvalue weighted by Gasteiger charge is -2.11. The highest BCUT2D eigenvalue weighted by Gasteiger charge is 2.18. The Morgan fingerprint density at radius 2 is 2.41 bits per heavy atom. The number of nitrogens with one attached hydrogen (secondary N) is 2. The Kier molecular flexibility index (Phi) is 4.39. The average molecular weight is 344 g/mol. The molecular weight excluding hydrogens is 327 g/mol. The Balaban J connectivity index is 1.95. The van der Waals surface area contributed by atoms with Gasteiger partial charge in [-0.05, 0) is 72.6 Å². The molecule has 0 bridgehead atoms. The van der Waals surface area contributed by atoms with E-state index in [4.69, 9.17) is 0 Å². The van der Waals surface area contributed by atoms with Gasteiger partial charge >= 0.3 is 0 Å². The normalized spacial score (nSPS) is 19.3. The summed E-state index contributed by atoms with van der Waals surface area (Å²) in [5, 5.41) is 6.29. The molecule has 0 aromatic heterocycles. The van der Waals surface area contributed by atoms with Gasteiger partial charge in [0.25, 0.3) is 0 Å². The van der Waals surface area contributed by atoms with Crippen LogP contribution in [0.5, 0.6) is 0 Å². The van der Waals surface area contributed by atoms with Gasteiger partial charge in [0.2, 0.25) is 5.91 Å². The number of halogens is 1. The van der Waals surface area contributed by atoms with Gasteiger partial charge in [-0.25, -0.2) is 0 Å². The van der Waals surface area contributed by atoms with Crippen LogP contribution in [0.3, 0.4) is 0 Å². The first-order chi connectivity index (χ1) is 8.16. The number of amides is 1. The summed E-state index contributed by atoms with van der Waals surface area (Å²) in [6, 6.07) is 5.98. The maximum Gasteiger partial charge on any atom is 0.224 e. The Labute approximate surface area is 116 Å². The summed E-state index contributed by atoms with van der Waals surface area (Å²) >= 11 is 2.29. The predicted molar refractivity (Wildman–Crippen MR) is 78.1 cm³/mol. The molecule has 1 aromatic rings. The number of benzene rings is 1. The van der Waals surface area contributed by atoms with Crippen molar-refractivity contribution in [2.45, 2.75) is 19.8 Å². The zero-order valence-electron chi connectivity index (χ0n) is 9.92. The van der Waals surface area contributed by atoms with Gasteiger partial charge in [0.05, 0.1) is 0 Å². The number of hydrogen-bond donors (Lipinski definition) is 2. The van der Waals surface area contributed by atoms with Gasteiger partial charge in [-0.3, -0.25) is 4.79 Å². The minimum atomic E-state index is 0.129. The van der Waals surface area contributed by atoms with Crippen LogP contribution in [0, 0.1) is 16.4 Å².